The van der Waals surface area contributed by atoms with Crippen molar-refractivity contribution in [2.75, 3.05) is 0 Å². The maximum atomic E-state index is 12.5. The van der Waals surface area contributed by atoms with Gasteiger partial charge in [-0.1, -0.05) is 12.1 Å². The van der Waals surface area contributed by atoms with Gasteiger partial charge < -0.3 is 4.90 Å². The number of pyridine rings is 2. The Labute approximate surface area is 124 Å². The number of aryl methyl sites for hydroxylation is 1. The van der Waals surface area contributed by atoms with Gasteiger partial charge in [0.2, 0.25) is 5.91 Å². The summed E-state index contributed by atoms with van der Waals surface area (Å²) in [5.74, 6) is 0.227. The van der Waals surface area contributed by atoms with Crippen LogP contribution in [0, 0.1) is 0 Å². The second-order valence-corrected chi connectivity index (χ2v) is 5.48. The quantitative estimate of drug-likeness (QED) is 0.817. The third-order valence-corrected chi connectivity index (χ3v) is 3.73. The Balaban J connectivity index is 1.60. The Morgan fingerprint density at radius 3 is 2.33 bits per heavy atom. The van der Waals surface area contributed by atoms with Gasteiger partial charge in [-0.05, 0) is 42.5 Å². The molecule has 0 atom stereocenters. The van der Waals surface area contributed by atoms with Crippen LogP contribution in [0.2, 0.25) is 0 Å². The summed E-state index contributed by atoms with van der Waals surface area (Å²) in [5, 5.41) is 0. The van der Waals surface area contributed by atoms with E-state index in [9.17, 15) is 4.79 Å². The fourth-order valence-corrected chi connectivity index (χ4v) is 2.44. The first kappa shape index (κ1) is 13.7. The molecule has 0 radical (unpaired) electrons. The van der Waals surface area contributed by atoms with Crippen LogP contribution in [-0.2, 0) is 17.8 Å². The molecule has 2 aromatic rings. The number of carbonyl (C=O) groups excluding carboxylic acids is 1. The molecule has 4 heteroatoms. The molecule has 108 valence electrons. The first-order valence-corrected chi connectivity index (χ1v) is 7.40. The van der Waals surface area contributed by atoms with Crippen molar-refractivity contribution in [3.8, 4) is 0 Å². The average Bonchev–Trinajstić information content (AvgIpc) is 3.37. The predicted octanol–water partition coefficient (Wildman–Crippen LogP) is 2.60. The van der Waals surface area contributed by atoms with Crippen molar-refractivity contribution >= 4 is 5.91 Å². The van der Waals surface area contributed by atoms with Gasteiger partial charge in [0.1, 0.15) is 0 Å². The molecule has 1 fully saturated rings. The number of amides is 1. The molecular weight excluding hydrogens is 262 g/mol. The van der Waals surface area contributed by atoms with E-state index in [4.69, 9.17) is 0 Å². The van der Waals surface area contributed by atoms with Crippen molar-refractivity contribution in [3.63, 3.8) is 0 Å². The third-order valence-electron chi connectivity index (χ3n) is 3.73. The normalized spacial score (nSPS) is 13.9. The van der Waals surface area contributed by atoms with Crippen molar-refractivity contribution in [1.29, 1.82) is 0 Å². The molecule has 0 aromatic carbocycles. The Kier molecular flexibility index (Phi) is 4.24. The monoisotopic (exact) mass is 281 g/mol. The van der Waals surface area contributed by atoms with Gasteiger partial charge in [0.25, 0.3) is 0 Å². The first-order chi connectivity index (χ1) is 10.3. The molecule has 4 nitrogen and oxygen atoms in total. The van der Waals surface area contributed by atoms with Crippen LogP contribution in [0.1, 0.15) is 30.4 Å². The zero-order valence-corrected chi connectivity index (χ0v) is 12.0. The molecule has 1 amide bonds. The molecule has 1 aliphatic carbocycles. The molecule has 0 saturated heterocycles. The van der Waals surface area contributed by atoms with Crippen molar-refractivity contribution in [1.82, 2.24) is 14.9 Å². The molecule has 0 spiro atoms. The maximum Gasteiger partial charge on any atom is 0.223 e. The summed E-state index contributed by atoms with van der Waals surface area (Å²) in [4.78, 5) is 22.7. The summed E-state index contributed by atoms with van der Waals surface area (Å²) >= 11 is 0. The SMILES string of the molecule is O=C(CCc1cccnc1)N(Cc1cccnc1)C1CC1. The van der Waals surface area contributed by atoms with Crippen molar-refractivity contribution in [2.45, 2.75) is 38.3 Å². The van der Waals surface area contributed by atoms with E-state index < -0.39 is 0 Å². The van der Waals surface area contributed by atoms with E-state index in [1.807, 2.05) is 41.6 Å². The molecule has 21 heavy (non-hydrogen) atoms. The molecule has 3 rings (SSSR count). The van der Waals surface area contributed by atoms with Crippen LogP contribution in [-0.4, -0.2) is 26.8 Å². The van der Waals surface area contributed by atoms with Crippen LogP contribution >= 0.6 is 0 Å². The minimum absolute atomic E-state index is 0.227. The summed E-state index contributed by atoms with van der Waals surface area (Å²) in [7, 11) is 0. The lowest BCUT2D eigenvalue weighted by Gasteiger charge is -2.22. The molecule has 0 bridgehead atoms. The van der Waals surface area contributed by atoms with E-state index >= 15 is 0 Å². The van der Waals surface area contributed by atoms with Crippen molar-refractivity contribution in [3.05, 3.63) is 60.2 Å². The van der Waals surface area contributed by atoms with Crippen LogP contribution in [0.3, 0.4) is 0 Å². The van der Waals surface area contributed by atoms with Gasteiger partial charge in [-0.2, -0.15) is 0 Å². The third kappa shape index (κ3) is 3.88. The fourth-order valence-electron chi connectivity index (χ4n) is 2.44. The van der Waals surface area contributed by atoms with Gasteiger partial charge in [-0.3, -0.25) is 14.8 Å². The van der Waals surface area contributed by atoms with Crippen LogP contribution in [0.25, 0.3) is 0 Å². The van der Waals surface area contributed by atoms with E-state index in [2.05, 4.69) is 9.97 Å². The van der Waals surface area contributed by atoms with Gasteiger partial charge in [-0.15, -0.1) is 0 Å². The van der Waals surface area contributed by atoms with Crippen LogP contribution in [0.4, 0.5) is 0 Å². The summed E-state index contributed by atoms with van der Waals surface area (Å²) in [6.45, 7) is 0.671. The molecule has 0 N–H and O–H groups in total. The molecule has 1 saturated carbocycles. The second-order valence-electron chi connectivity index (χ2n) is 5.48. The number of carbonyl (C=O) groups is 1. The number of nitrogens with zero attached hydrogens (tertiary/aromatic N) is 3. The van der Waals surface area contributed by atoms with E-state index in [0.717, 1.165) is 30.4 Å². The zero-order valence-electron chi connectivity index (χ0n) is 12.0. The van der Waals surface area contributed by atoms with Crippen LogP contribution in [0.15, 0.2) is 49.1 Å². The van der Waals surface area contributed by atoms with E-state index in [1.54, 1.807) is 12.4 Å². The van der Waals surface area contributed by atoms with E-state index in [1.165, 1.54) is 0 Å². The van der Waals surface area contributed by atoms with Gasteiger partial charge in [-0.25, -0.2) is 0 Å². The molecule has 0 unspecified atom stereocenters. The summed E-state index contributed by atoms with van der Waals surface area (Å²) < 4.78 is 0. The average molecular weight is 281 g/mol. The largest absolute Gasteiger partial charge is 0.335 e. The molecular formula is C17H19N3O. The minimum atomic E-state index is 0.227. The number of aromatic nitrogens is 2. The zero-order chi connectivity index (χ0) is 14.5. The standard InChI is InChI=1S/C17H19N3O/c21-17(8-5-14-3-1-9-18-11-14)20(16-6-7-16)13-15-4-2-10-19-12-15/h1-4,9-12,16H,5-8,13H2. The Morgan fingerprint density at radius 1 is 1.10 bits per heavy atom. The van der Waals surface area contributed by atoms with Crippen molar-refractivity contribution in [2.24, 2.45) is 0 Å². The lowest BCUT2D eigenvalue weighted by atomic mass is 10.1. The maximum absolute atomic E-state index is 12.5. The van der Waals surface area contributed by atoms with Gasteiger partial charge in [0, 0.05) is 43.8 Å². The van der Waals surface area contributed by atoms with E-state index in [-0.39, 0.29) is 5.91 Å². The molecule has 1 aliphatic rings. The summed E-state index contributed by atoms with van der Waals surface area (Å²) in [6, 6.07) is 8.29. The van der Waals surface area contributed by atoms with Gasteiger partial charge >= 0.3 is 0 Å². The lowest BCUT2D eigenvalue weighted by Crippen LogP contribution is -2.32. The minimum Gasteiger partial charge on any atom is -0.335 e. The lowest BCUT2D eigenvalue weighted by molar-refractivity contribution is -0.132. The van der Waals surface area contributed by atoms with Crippen LogP contribution < -0.4 is 0 Å². The highest BCUT2D eigenvalue weighted by atomic mass is 16.2. The van der Waals surface area contributed by atoms with E-state index in [0.29, 0.717) is 19.0 Å². The fraction of sp³-hybridized carbons (Fsp3) is 0.353. The first-order valence-electron chi connectivity index (χ1n) is 7.40. The Morgan fingerprint density at radius 2 is 1.76 bits per heavy atom. The summed E-state index contributed by atoms with van der Waals surface area (Å²) in [6.07, 6.45) is 10.7. The van der Waals surface area contributed by atoms with Crippen LogP contribution in [0.5, 0.6) is 0 Å². The molecule has 0 aliphatic heterocycles. The second kappa shape index (κ2) is 6.48. The molecule has 2 aromatic heterocycles. The Bertz CT molecular complexity index is 581. The van der Waals surface area contributed by atoms with Gasteiger partial charge in [0.15, 0.2) is 0 Å². The number of rotatable bonds is 6. The smallest absolute Gasteiger partial charge is 0.223 e. The predicted molar refractivity (Wildman–Crippen MR) is 80.4 cm³/mol. The van der Waals surface area contributed by atoms with Crippen molar-refractivity contribution < 1.29 is 4.79 Å². The number of hydrogen-bond acceptors (Lipinski definition) is 3. The highest BCUT2D eigenvalue weighted by molar-refractivity contribution is 5.77. The molecule has 2 heterocycles. The highest BCUT2D eigenvalue weighted by Gasteiger charge is 2.32. The highest BCUT2D eigenvalue weighted by Crippen LogP contribution is 2.29. The number of hydrogen-bond donors (Lipinski definition) is 0. The summed E-state index contributed by atoms with van der Waals surface area (Å²) in [5.41, 5.74) is 2.21. The van der Waals surface area contributed by atoms with Gasteiger partial charge in [0.05, 0.1) is 0 Å². The Hall–Kier alpha value is -2.23. The topological polar surface area (TPSA) is 46.1 Å².